The van der Waals surface area contributed by atoms with Crippen molar-refractivity contribution in [1.29, 1.82) is 0 Å². The average Bonchev–Trinajstić information content (AvgIpc) is 3.49. The quantitative estimate of drug-likeness (QED) is 0.0969. The number of ether oxygens (including phenoxy) is 2. The molecule has 51 heavy (non-hydrogen) atoms. The topological polar surface area (TPSA) is 189 Å². The largest absolute Gasteiger partial charge is 0.458 e. The summed E-state index contributed by atoms with van der Waals surface area (Å²) in [5.74, 6) is -0.684. The lowest BCUT2D eigenvalue weighted by Crippen LogP contribution is -2.50. The molecule has 1 atom stereocenters. The molecule has 3 aliphatic rings. The van der Waals surface area contributed by atoms with Crippen molar-refractivity contribution < 1.29 is 34.2 Å². The number of hydrogen-bond acceptors (Lipinski definition) is 12. The number of rotatable bonds is 7. The second-order valence-corrected chi connectivity index (χ2v) is 19.9. The number of nitrogens with one attached hydrogen (secondary N) is 1. The van der Waals surface area contributed by atoms with Gasteiger partial charge in [0.1, 0.15) is 12.4 Å². The van der Waals surface area contributed by atoms with Gasteiger partial charge in [-0.25, -0.2) is 30.0 Å². The molecule has 0 bridgehead atoms. The number of nitrogens with zero attached hydrogens (tertiary/aromatic N) is 6. The maximum Gasteiger partial charge on any atom is 0.415 e. The van der Waals surface area contributed by atoms with Crippen molar-refractivity contribution in [3.8, 4) is 17.1 Å². The molecule has 0 aliphatic carbocycles. The van der Waals surface area contributed by atoms with Crippen molar-refractivity contribution in [2.75, 3.05) is 31.1 Å². The highest BCUT2D eigenvalue weighted by atomic mass is 28.3. The number of carbonyl (C=O) groups is 3. The van der Waals surface area contributed by atoms with Gasteiger partial charge in [-0.3, -0.25) is 14.8 Å². The lowest BCUT2D eigenvalue weighted by Gasteiger charge is -2.34. The lowest BCUT2D eigenvalue weighted by molar-refractivity contribution is -0.172. The van der Waals surface area contributed by atoms with E-state index in [1.54, 1.807) is 34.0 Å². The van der Waals surface area contributed by atoms with Crippen LogP contribution < -0.4 is 20.7 Å². The van der Waals surface area contributed by atoms with Crippen LogP contribution in [0.2, 0.25) is 25.7 Å². The molecule has 1 saturated heterocycles. The van der Waals surface area contributed by atoms with E-state index in [-0.39, 0.29) is 41.8 Å². The summed E-state index contributed by atoms with van der Waals surface area (Å²) in [5, 5.41) is 20.9. The van der Waals surface area contributed by atoms with Crippen molar-refractivity contribution >= 4 is 42.9 Å². The van der Waals surface area contributed by atoms with Gasteiger partial charge in [-0.05, 0) is 42.7 Å². The fourth-order valence-electron chi connectivity index (χ4n) is 6.91. The van der Waals surface area contributed by atoms with Crippen molar-refractivity contribution in [2.45, 2.75) is 64.2 Å². The van der Waals surface area contributed by atoms with Crippen LogP contribution in [0.4, 0.5) is 10.7 Å². The Kier molecular flexibility index (Phi) is 8.63. The first-order chi connectivity index (χ1) is 24.3. The first kappa shape index (κ1) is 34.3. The minimum atomic E-state index is -1.91. The zero-order valence-electron chi connectivity index (χ0n) is 28.9. The Balaban J connectivity index is 1.16. The number of benzene rings is 1. The highest BCUT2D eigenvalue weighted by Gasteiger charge is 2.45. The number of aryl methyl sites for hydroxylation is 1. The number of piperazine rings is 1. The van der Waals surface area contributed by atoms with Crippen LogP contribution in [0.5, 0.6) is 5.75 Å². The Hall–Kier alpha value is -5.19. The third-order valence-corrected chi connectivity index (χ3v) is 11.7. The second-order valence-electron chi connectivity index (χ2n) is 14.3. The fourth-order valence-corrected chi connectivity index (χ4v) is 7.91. The van der Waals surface area contributed by atoms with E-state index in [1.165, 1.54) is 12.4 Å². The monoisotopic (exact) mass is 713 g/mol. The number of pyridine rings is 2. The molecule has 1 aromatic carbocycles. The summed E-state index contributed by atoms with van der Waals surface area (Å²) in [4.78, 5) is 68.3. The van der Waals surface area contributed by atoms with Crippen LogP contribution in [0.15, 0.2) is 41.5 Å². The molecule has 0 spiro atoms. The van der Waals surface area contributed by atoms with Crippen LogP contribution in [-0.4, -0.2) is 87.0 Å². The maximum absolute atomic E-state index is 13.8. The van der Waals surface area contributed by atoms with Gasteiger partial charge in [-0.2, -0.15) is 0 Å². The zero-order chi connectivity index (χ0) is 36.2. The first-order valence-corrected chi connectivity index (χ1v) is 20.6. The summed E-state index contributed by atoms with van der Waals surface area (Å²) >= 11 is 0. The fraction of sp³-hybridized carbons (Fsp3) is 0.400. The summed E-state index contributed by atoms with van der Waals surface area (Å²) in [6.07, 6.45) is 2.96. The molecule has 7 rings (SSSR count). The second kappa shape index (κ2) is 12.8. The highest BCUT2D eigenvalue weighted by Crippen LogP contribution is 2.41. The van der Waals surface area contributed by atoms with E-state index < -0.39 is 31.6 Å². The van der Waals surface area contributed by atoms with Gasteiger partial charge >= 0.3 is 12.1 Å². The molecular weight excluding hydrogens is 675 g/mol. The first-order valence-electron chi connectivity index (χ1n) is 16.9. The molecular formula is C35H39N7O8Si. The Labute approximate surface area is 293 Å². The normalized spacial score (nSPS) is 18.2. The minimum absolute atomic E-state index is 0.0635. The van der Waals surface area contributed by atoms with E-state index in [9.17, 15) is 24.3 Å². The van der Waals surface area contributed by atoms with E-state index in [1.807, 2.05) is 17.0 Å². The molecule has 3 N–H and O–H groups in total. The summed E-state index contributed by atoms with van der Waals surface area (Å²) in [5.41, 5.74) is 3.81. The van der Waals surface area contributed by atoms with Gasteiger partial charge in [0.2, 0.25) is 5.95 Å². The summed E-state index contributed by atoms with van der Waals surface area (Å²) < 4.78 is 12.8. The van der Waals surface area contributed by atoms with E-state index in [0.29, 0.717) is 54.8 Å². The summed E-state index contributed by atoms with van der Waals surface area (Å²) in [6, 6.07) is 8.06. The van der Waals surface area contributed by atoms with Gasteiger partial charge in [0.15, 0.2) is 5.60 Å². The molecule has 15 nitrogen and oxygen atoms in total. The smallest absolute Gasteiger partial charge is 0.415 e. The third kappa shape index (κ3) is 6.12. The number of cyclic esters (lactones) is 1. The molecule has 1 fully saturated rings. The summed E-state index contributed by atoms with van der Waals surface area (Å²) in [7, 11) is -1.51. The Morgan fingerprint density at radius 1 is 1.06 bits per heavy atom. The predicted octanol–water partition coefficient (Wildman–Crippen LogP) is 3.19. The molecule has 4 aromatic rings. The molecule has 6 heterocycles. The van der Waals surface area contributed by atoms with Gasteiger partial charge < -0.3 is 28.9 Å². The van der Waals surface area contributed by atoms with E-state index in [4.69, 9.17) is 19.7 Å². The number of carbonyl (C=O) groups excluding carboxylic acids is 3. The number of amides is 2. The molecule has 3 aliphatic heterocycles. The number of aliphatic hydroxyl groups is 1. The number of hydrogen-bond donors (Lipinski definition) is 3. The molecule has 266 valence electrons. The Bertz CT molecular complexity index is 2140. The number of hydroxylamine groups is 1. The molecule has 2 amide bonds. The number of anilines is 1. The van der Waals surface area contributed by atoms with Crippen LogP contribution in [0.1, 0.15) is 46.0 Å². The molecule has 0 unspecified atom stereocenters. The molecule has 0 saturated carbocycles. The molecule has 3 aromatic heterocycles. The number of fused-ring (bicyclic) bond motifs is 5. The minimum Gasteiger partial charge on any atom is -0.458 e. The lowest BCUT2D eigenvalue weighted by atomic mass is 9.86. The van der Waals surface area contributed by atoms with Crippen LogP contribution in [0, 0.1) is 0 Å². The van der Waals surface area contributed by atoms with Gasteiger partial charge in [0, 0.05) is 63.2 Å². The van der Waals surface area contributed by atoms with E-state index in [0.717, 1.165) is 29.0 Å². The van der Waals surface area contributed by atoms with Gasteiger partial charge in [0.05, 0.1) is 34.6 Å². The maximum atomic E-state index is 13.8. The molecule has 16 heteroatoms. The predicted molar refractivity (Wildman–Crippen MR) is 187 cm³/mol. The van der Waals surface area contributed by atoms with Crippen LogP contribution >= 0.6 is 0 Å². The van der Waals surface area contributed by atoms with Crippen LogP contribution in [0.3, 0.4) is 0 Å². The highest BCUT2D eigenvalue weighted by molar-refractivity contribution is 6.76. The van der Waals surface area contributed by atoms with Crippen molar-refractivity contribution in [3.63, 3.8) is 0 Å². The zero-order valence-corrected chi connectivity index (χ0v) is 29.9. The van der Waals surface area contributed by atoms with Crippen LogP contribution in [-0.2, 0) is 34.7 Å². The SMILES string of the molecule is CC[C@@]1(O)C(=O)OCc2c1cc1n(c2=O)Cc2c-1nc1ccc(OC(=O)N3CCN(c4ncc(C(=O)NO)cn4)CC3)cc1c2CC[Si](C)(C)C. The standard InChI is InChI=1S/C35H39N7O8Si/c1-5-35(47)26-15-28-29-24(18-42(28)31(44)25(26)19-49-32(35)45)22(8-13-51(2,3)4)23-14-21(6-7-27(23)38-29)50-34(46)41-11-9-40(10-12-41)33-36-16-20(17-37-33)30(43)39-48/h6-7,14-17,47-48H,5,8-13,18-19H2,1-4H3,(H,39,43)/t35-/m0/s1. The van der Waals surface area contributed by atoms with Crippen molar-refractivity contribution in [2.24, 2.45) is 0 Å². The van der Waals surface area contributed by atoms with Gasteiger partial charge in [-0.1, -0.05) is 32.6 Å². The molecule has 0 radical (unpaired) electrons. The Morgan fingerprint density at radius 2 is 1.78 bits per heavy atom. The Morgan fingerprint density at radius 3 is 2.45 bits per heavy atom. The van der Waals surface area contributed by atoms with E-state index >= 15 is 0 Å². The average molecular weight is 714 g/mol. The van der Waals surface area contributed by atoms with Crippen molar-refractivity contribution in [1.82, 2.24) is 29.9 Å². The van der Waals surface area contributed by atoms with E-state index in [2.05, 4.69) is 29.6 Å². The number of esters is 1. The number of aromatic nitrogens is 4. The third-order valence-electron chi connectivity index (χ3n) is 9.93. The van der Waals surface area contributed by atoms with Crippen molar-refractivity contribution in [3.05, 3.63) is 74.8 Å². The van der Waals surface area contributed by atoms with Crippen LogP contribution in [0.25, 0.3) is 22.3 Å². The van der Waals surface area contributed by atoms with Gasteiger partial charge in [0.25, 0.3) is 11.5 Å². The summed E-state index contributed by atoms with van der Waals surface area (Å²) in [6.45, 7) is 10.3. The van der Waals surface area contributed by atoms with Gasteiger partial charge in [-0.15, -0.1) is 0 Å².